The van der Waals surface area contributed by atoms with Crippen molar-refractivity contribution in [3.63, 3.8) is 0 Å². The first kappa shape index (κ1) is 22.8. The molecule has 2 heterocycles. The summed E-state index contributed by atoms with van der Waals surface area (Å²) in [7, 11) is 0. The minimum atomic E-state index is 0.0485. The zero-order valence-electron chi connectivity index (χ0n) is 19.4. The molecule has 174 valence electrons. The van der Waals surface area contributed by atoms with Crippen LogP contribution in [-0.2, 0) is 17.8 Å². The van der Waals surface area contributed by atoms with Crippen molar-refractivity contribution in [3.8, 4) is 5.69 Å². The van der Waals surface area contributed by atoms with Gasteiger partial charge in [0, 0.05) is 21.8 Å². The molecule has 1 saturated heterocycles. The van der Waals surface area contributed by atoms with Gasteiger partial charge in [-0.15, -0.1) is 0 Å². The quantitative estimate of drug-likeness (QED) is 0.331. The lowest BCUT2D eigenvalue weighted by Gasteiger charge is -2.31. The maximum atomic E-state index is 12.8. The molecule has 4 aromatic rings. The van der Waals surface area contributed by atoms with Crippen molar-refractivity contribution >= 4 is 38.6 Å². The van der Waals surface area contributed by atoms with Crippen molar-refractivity contribution in [2.24, 2.45) is 5.92 Å². The predicted molar refractivity (Wildman–Crippen MR) is 141 cm³/mol. The Kier molecular flexibility index (Phi) is 6.79. The van der Waals surface area contributed by atoms with Crippen molar-refractivity contribution in [1.29, 1.82) is 0 Å². The van der Waals surface area contributed by atoms with Crippen LogP contribution in [0.15, 0.2) is 77.3 Å². The molecule has 5 nitrogen and oxygen atoms in total. The highest BCUT2D eigenvalue weighted by atomic mass is 79.9. The second-order valence-corrected chi connectivity index (χ2v) is 9.83. The smallest absolute Gasteiger partial charge is 0.227 e. The maximum absolute atomic E-state index is 12.8. The minimum Gasteiger partial charge on any atom is -0.326 e. The molecule has 3 aromatic carbocycles. The molecule has 34 heavy (non-hydrogen) atoms. The lowest BCUT2D eigenvalue weighted by molar-refractivity contribution is -0.121. The number of nitrogens with zero attached hydrogens (tertiary/aromatic N) is 3. The number of halogens is 1. The lowest BCUT2D eigenvalue weighted by Crippen LogP contribution is -2.38. The Labute approximate surface area is 208 Å². The Morgan fingerprint density at radius 2 is 1.71 bits per heavy atom. The number of benzene rings is 3. The molecule has 1 N–H and O–H groups in total. The van der Waals surface area contributed by atoms with Gasteiger partial charge in [0.1, 0.15) is 5.82 Å². The van der Waals surface area contributed by atoms with Gasteiger partial charge in [0.25, 0.3) is 0 Å². The van der Waals surface area contributed by atoms with E-state index in [1.807, 2.05) is 18.2 Å². The Balaban J connectivity index is 1.26. The molecule has 5 rings (SSSR count). The van der Waals surface area contributed by atoms with Crippen molar-refractivity contribution in [2.75, 3.05) is 18.4 Å². The van der Waals surface area contributed by atoms with Crippen molar-refractivity contribution in [3.05, 3.63) is 88.7 Å². The average Bonchev–Trinajstić information content (AvgIpc) is 3.23. The van der Waals surface area contributed by atoms with E-state index in [0.717, 1.165) is 71.6 Å². The number of hydrogen-bond donors (Lipinski definition) is 1. The summed E-state index contributed by atoms with van der Waals surface area (Å²) in [6.45, 7) is 4.67. The van der Waals surface area contributed by atoms with E-state index in [1.54, 1.807) is 0 Å². The van der Waals surface area contributed by atoms with Gasteiger partial charge in [0.2, 0.25) is 5.91 Å². The zero-order chi connectivity index (χ0) is 23.5. The molecule has 6 heteroatoms. The first-order valence-corrected chi connectivity index (χ1v) is 12.7. The summed E-state index contributed by atoms with van der Waals surface area (Å²) in [6, 6.07) is 24.8. The van der Waals surface area contributed by atoms with E-state index in [9.17, 15) is 4.79 Å². The van der Waals surface area contributed by atoms with Gasteiger partial charge < -0.3 is 5.32 Å². The number of amides is 1. The molecular formula is C28H29BrN4O. The van der Waals surface area contributed by atoms with Crippen LogP contribution in [0.25, 0.3) is 16.7 Å². The van der Waals surface area contributed by atoms with Gasteiger partial charge in [-0.1, -0.05) is 47.1 Å². The van der Waals surface area contributed by atoms with Gasteiger partial charge in [-0.25, -0.2) is 4.98 Å². The van der Waals surface area contributed by atoms with Gasteiger partial charge in [-0.3, -0.25) is 14.3 Å². The second-order valence-electron chi connectivity index (χ2n) is 8.92. The summed E-state index contributed by atoms with van der Waals surface area (Å²) in [4.78, 5) is 20.2. The summed E-state index contributed by atoms with van der Waals surface area (Å²) < 4.78 is 3.31. The van der Waals surface area contributed by atoms with Crippen LogP contribution in [0, 0.1) is 5.92 Å². The van der Waals surface area contributed by atoms with Crippen LogP contribution < -0.4 is 5.32 Å². The highest BCUT2D eigenvalue weighted by Gasteiger charge is 2.26. The third kappa shape index (κ3) is 4.93. The number of carbonyl (C=O) groups is 1. The molecule has 0 saturated carbocycles. The number of para-hydroxylation sites is 2. The number of hydrogen-bond acceptors (Lipinski definition) is 3. The molecule has 0 radical (unpaired) electrons. The molecule has 0 spiro atoms. The minimum absolute atomic E-state index is 0.0485. The van der Waals surface area contributed by atoms with Crippen LogP contribution in [0.3, 0.4) is 0 Å². The van der Waals surface area contributed by atoms with E-state index < -0.39 is 0 Å². The maximum Gasteiger partial charge on any atom is 0.227 e. The predicted octanol–water partition coefficient (Wildman–Crippen LogP) is 6.20. The fourth-order valence-electron chi connectivity index (χ4n) is 4.68. The largest absolute Gasteiger partial charge is 0.326 e. The molecule has 1 fully saturated rings. The monoisotopic (exact) mass is 516 g/mol. The molecular weight excluding hydrogens is 488 g/mol. The van der Waals surface area contributed by atoms with Crippen LogP contribution in [0.4, 0.5) is 5.69 Å². The van der Waals surface area contributed by atoms with Crippen LogP contribution in [0.5, 0.6) is 0 Å². The number of nitrogens with one attached hydrogen (secondary N) is 1. The van der Waals surface area contributed by atoms with Gasteiger partial charge in [-0.2, -0.15) is 0 Å². The number of aryl methyl sites for hydroxylation is 1. The Morgan fingerprint density at radius 3 is 2.41 bits per heavy atom. The topological polar surface area (TPSA) is 50.2 Å². The van der Waals surface area contributed by atoms with Gasteiger partial charge in [0.05, 0.1) is 17.6 Å². The van der Waals surface area contributed by atoms with E-state index in [-0.39, 0.29) is 11.8 Å². The number of aromatic nitrogens is 2. The van der Waals surface area contributed by atoms with E-state index in [1.165, 1.54) is 5.56 Å². The Bertz CT molecular complexity index is 1270. The Hall–Kier alpha value is -2.96. The first-order chi connectivity index (χ1) is 16.6. The summed E-state index contributed by atoms with van der Waals surface area (Å²) in [6.07, 6.45) is 2.72. The second kappa shape index (κ2) is 10.1. The van der Waals surface area contributed by atoms with E-state index in [2.05, 4.69) is 92.2 Å². The number of anilines is 1. The molecule has 0 bridgehead atoms. The zero-order valence-corrected chi connectivity index (χ0v) is 21.0. The standard InChI is InChI=1S/C28H29BrN4O/c1-2-20-7-11-23(12-8-20)30-28(34)21-15-17-32(18-16-21)19-27-31-25-5-3-4-6-26(25)33(27)24-13-9-22(29)10-14-24/h3-14,21H,2,15-19H2,1H3,(H,30,34). The molecule has 1 aromatic heterocycles. The molecule has 1 aliphatic rings. The number of likely N-dealkylation sites (tertiary alicyclic amines) is 1. The van der Waals surface area contributed by atoms with Gasteiger partial charge >= 0.3 is 0 Å². The van der Waals surface area contributed by atoms with E-state index >= 15 is 0 Å². The molecule has 1 amide bonds. The fourth-order valence-corrected chi connectivity index (χ4v) is 4.95. The average molecular weight is 517 g/mol. The van der Waals surface area contributed by atoms with Crippen molar-refractivity contribution < 1.29 is 4.79 Å². The lowest BCUT2D eigenvalue weighted by atomic mass is 9.95. The number of imidazole rings is 1. The van der Waals surface area contributed by atoms with Crippen LogP contribution in [-0.4, -0.2) is 33.4 Å². The molecule has 0 unspecified atom stereocenters. The number of piperidine rings is 1. The summed E-state index contributed by atoms with van der Waals surface area (Å²) in [5.41, 5.74) is 5.38. The summed E-state index contributed by atoms with van der Waals surface area (Å²) in [5, 5.41) is 3.10. The summed E-state index contributed by atoms with van der Waals surface area (Å²) >= 11 is 3.54. The van der Waals surface area contributed by atoms with Crippen molar-refractivity contribution in [2.45, 2.75) is 32.7 Å². The normalized spacial score (nSPS) is 15.0. The number of carbonyl (C=O) groups excluding carboxylic acids is 1. The van der Waals surface area contributed by atoms with E-state index in [0.29, 0.717) is 0 Å². The number of fused-ring (bicyclic) bond motifs is 1. The third-order valence-corrected chi connectivity index (χ3v) is 7.20. The van der Waals surface area contributed by atoms with E-state index in [4.69, 9.17) is 4.98 Å². The first-order valence-electron chi connectivity index (χ1n) is 11.9. The van der Waals surface area contributed by atoms with Gasteiger partial charge in [-0.05, 0) is 86.4 Å². The van der Waals surface area contributed by atoms with Crippen molar-refractivity contribution in [1.82, 2.24) is 14.5 Å². The van der Waals surface area contributed by atoms with Crippen LogP contribution in [0.1, 0.15) is 31.2 Å². The van der Waals surface area contributed by atoms with Crippen LogP contribution in [0.2, 0.25) is 0 Å². The summed E-state index contributed by atoms with van der Waals surface area (Å²) in [5.74, 6) is 1.21. The highest BCUT2D eigenvalue weighted by molar-refractivity contribution is 9.10. The Morgan fingerprint density at radius 1 is 1.00 bits per heavy atom. The van der Waals surface area contributed by atoms with Gasteiger partial charge in [0.15, 0.2) is 0 Å². The third-order valence-electron chi connectivity index (χ3n) is 6.67. The molecule has 1 aliphatic heterocycles. The number of rotatable bonds is 6. The van der Waals surface area contributed by atoms with Crippen LogP contribution >= 0.6 is 15.9 Å². The SMILES string of the molecule is CCc1ccc(NC(=O)C2CCN(Cc3nc4ccccc4n3-c3ccc(Br)cc3)CC2)cc1. The fraction of sp³-hybridized carbons (Fsp3) is 0.286. The molecule has 0 aliphatic carbocycles. The highest BCUT2D eigenvalue weighted by Crippen LogP contribution is 2.26. The molecule has 0 atom stereocenters.